The van der Waals surface area contributed by atoms with Gasteiger partial charge in [0, 0.05) is 51.1 Å². The van der Waals surface area contributed by atoms with E-state index in [2.05, 4.69) is 15.6 Å². The lowest BCUT2D eigenvalue weighted by Gasteiger charge is -2.37. The van der Waals surface area contributed by atoms with E-state index in [-0.39, 0.29) is 17.6 Å². The van der Waals surface area contributed by atoms with E-state index in [1.54, 1.807) is 37.6 Å². The molecule has 194 valence electrons. The number of allylic oxidation sites excluding steroid dienone is 3. The van der Waals surface area contributed by atoms with Crippen LogP contribution in [0.4, 0.5) is 5.82 Å². The average Bonchev–Trinajstić information content (AvgIpc) is 2.89. The van der Waals surface area contributed by atoms with Crippen LogP contribution < -0.4 is 15.4 Å². The second-order valence-corrected chi connectivity index (χ2v) is 10.5. The van der Waals surface area contributed by atoms with Crippen LogP contribution in [0.1, 0.15) is 48.3 Å². The van der Waals surface area contributed by atoms with Crippen LogP contribution in [0.25, 0.3) is 0 Å². The maximum atomic E-state index is 13.8. The molecule has 0 bridgehead atoms. The molecule has 6 nitrogen and oxygen atoms in total. The lowest BCUT2D eigenvalue weighted by atomic mass is 9.71. The molecule has 0 fully saturated rings. The highest BCUT2D eigenvalue weighted by Crippen LogP contribution is 2.47. The summed E-state index contributed by atoms with van der Waals surface area (Å²) in [5, 5.41) is 7.16. The number of ether oxygens (including phenoxy) is 1. The van der Waals surface area contributed by atoms with E-state index in [9.17, 15) is 9.59 Å². The first-order valence-corrected chi connectivity index (χ1v) is 13.1. The SMILES string of the molecule is COc1ccc(C2CC(=O)C3=C(C2)NC(C)=C(C(=O)Nc2ccc(C)cn2)C3c2ccc(Cl)cc2Cl)cc1. The topological polar surface area (TPSA) is 80.3 Å². The molecule has 0 saturated carbocycles. The Bertz CT molecular complexity index is 1480. The minimum absolute atomic E-state index is 0.000862. The number of anilines is 1. The van der Waals surface area contributed by atoms with Crippen LogP contribution in [0, 0.1) is 6.92 Å². The first kappa shape index (κ1) is 26.0. The summed E-state index contributed by atoms with van der Waals surface area (Å²) >= 11 is 12.9. The predicted octanol–water partition coefficient (Wildman–Crippen LogP) is 6.71. The predicted molar refractivity (Wildman–Crippen MR) is 150 cm³/mol. The Hall–Kier alpha value is -3.61. The molecule has 2 unspecified atom stereocenters. The van der Waals surface area contributed by atoms with Crippen LogP contribution in [-0.2, 0) is 9.59 Å². The number of pyridine rings is 1. The number of hydrogen-bond donors (Lipinski definition) is 2. The highest BCUT2D eigenvalue weighted by atomic mass is 35.5. The highest BCUT2D eigenvalue weighted by Gasteiger charge is 2.41. The Morgan fingerprint density at radius 2 is 1.82 bits per heavy atom. The minimum Gasteiger partial charge on any atom is -0.497 e. The van der Waals surface area contributed by atoms with E-state index < -0.39 is 5.92 Å². The summed E-state index contributed by atoms with van der Waals surface area (Å²) in [5.41, 5.74) is 5.15. The number of ketones is 1. The van der Waals surface area contributed by atoms with Crippen molar-refractivity contribution in [2.45, 2.75) is 38.5 Å². The Morgan fingerprint density at radius 1 is 1.05 bits per heavy atom. The molecular formula is C30H27Cl2N3O3. The number of carbonyl (C=O) groups excluding carboxylic acids is 2. The van der Waals surface area contributed by atoms with Crippen molar-refractivity contribution in [3.8, 4) is 5.75 Å². The molecule has 2 aliphatic rings. The standard InChI is InChI=1S/C30H27Cl2N3O3/c1-16-4-11-26(33-15-16)35-30(37)27-17(2)34-24-12-19(18-5-8-21(38-3)9-6-18)13-25(36)29(24)28(27)22-10-7-20(31)14-23(22)32/h4-11,14-15,19,28,34H,12-13H2,1-3H3,(H,33,35,37). The molecule has 1 aliphatic carbocycles. The molecule has 8 heteroatoms. The van der Waals surface area contributed by atoms with Crippen molar-refractivity contribution in [3.63, 3.8) is 0 Å². The Balaban J connectivity index is 1.56. The monoisotopic (exact) mass is 547 g/mol. The number of carbonyl (C=O) groups is 2. The molecular weight excluding hydrogens is 521 g/mol. The average molecular weight is 548 g/mol. The second kappa shape index (κ2) is 10.6. The fraction of sp³-hybridized carbons (Fsp3) is 0.233. The largest absolute Gasteiger partial charge is 0.497 e. The van der Waals surface area contributed by atoms with E-state index in [0.717, 1.165) is 22.6 Å². The lowest BCUT2D eigenvalue weighted by Crippen LogP contribution is -2.37. The van der Waals surface area contributed by atoms with Gasteiger partial charge in [0.25, 0.3) is 5.91 Å². The molecule has 2 atom stereocenters. The van der Waals surface area contributed by atoms with Crippen LogP contribution in [0.2, 0.25) is 10.0 Å². The summed E-state index contributed by atoms with van der Waals surface area (Å²) in [6, 6.07) is 16.6. The summed E-state index contributed by atoms with van der Waals surface area (Å²) in [6.45, 7) is 3.77. The van der Waals surface area contributed by atoms with Gasteiger partial charge in [0.15, 0.2) is 5.78 Å². The molecule has 2 heterocycles. The molecule has 1 aromatic heterocycles. The number of Topliss-reactive ketones (excluding diaryl/α,β-unsaturated/α-hetero) is 1. The smallest absolute Gasteiger partial charge is 0.255 e. The van der Waals surface area contributed by atoms with Gasteiger partial charge < -0.3 is 15.4 Å². The zero-order valence-corrected chi connectivity index (χ0v) is 22.8. The van der Waals surface area contributed by atoms with Gasteiger partial charge in [-0.1, -0.05) is 47.5 Å². The van der Waals surface area contributed by atoms with Gasteiger partial charge >= 0.3 is 0 Å². The summed E-state index contributed by atoms with van der Waals surface area (Å²) in [7, 11) is 1.63. The van der Waals surface area contributed by atoms with Gasteiger partial charge in [-0.3, -0.25) is 9.59 Å². The molecule has 3 aromatic rings. The van der Waals surface area contributed by atoms with Gasteiger partial charge in [-0.15, -0.1) is 0 Å². The van der Waals surface area contributed by atoms with Crippen molar-refractivity contribution in [3.05, 3.63) is 110 Å². The molecule has 2 N–H and O–H groups in total. The van der Waals surface area contributed by atoms with Gasteiger partial charge in [0.05, 0.1) is 7.11 Å². The maximum Gasteiger partial charge on any atom is 0.255 e. The van der Waals surface area contributed by atoms with Crippen molar-refractivity contribution in [2.75, 3.05) is 12.4 Å². The Morgan fingerprint density at radius 3 is 2.47 bits per heavy atom. The van der Waals surface area contributed by atoms with Gasteiger partial charge in [-0.05, 0) is 73.2 Å². The second-order valence-electron chi connectivity index (χ2n) is 9.63. The van der Waals surface area contributed by atoms with Crippen LogP contribution in [0.3, 0.4) is 0 Å². The molecule has 1 aliphatic heterocycles. The molecule has 38 heavy (non-hydrogen) atoms. The summed E-state index contributed by atoms with van der Waals surface area (Å²) in [4.78, 5) is 31.8. The van der Waals surface area contributed by atoms with E-state index in [4.69, 9.17) is 27.9 Å². The zero-order valence-electron chi connectivity index (χ0n) is 21.3. The Labute approximate surface area is 231 Å². The van der Waals surface area contributed by atoms with Crippen molar-refractivity contribution in [1.82, 2.24) is 10.3 Å². The molecule has 0 radical (unpaired) electrons. The van der Waals surface area contributed by atoms with Crippen molar-refractivity contribution in [2.24, 2.45) is 0 Å². The third kappa shape index (κ3) is 5.06. The lowest BCUT2D eigenvalue weighted by molar-refractivity contribution is -0.116. The number of rotatable bonds is 5. The number of dihydropyridines is 1. The number of aromatic nitrogens is 1. The maximum absolute atomic E-state index is 13.8. The number of halogens is 2. The van der Waals surface area contributed by atoms with E-state index in [1.165, 1.54) is 0 Å². The van der Waals surface area contributed by atoms with Gasteiger partial charge in [-0.25, -0.2) is 4.98 Å². The molecule has 1 amide bonds. The number of nitrogens with one attached hydrogen (secondary N) is 2. The van der Waals surface area contributed by atoms with Gasteiger partial charge in [0.2, 0.25) is 0 Å². The van der Waals surface area contributed by atoms with Gasteiger partial charge in [-0.2, -0.15) is 0 Å². The zero-order chi connectivity index (χ0) is 27.0. The quantitative estimate of drug-likeness (QED) is 0.371. The summed E-state index contributed by atoms with van der Waals surface area (Å²) in [6.07, 6.45) is 2.64. The first-order valence-electron chi connectivity index (χ1n) is 12.3. The fourth-order valence-electron chi connectivity index (χ4n) is 5.22. The number of methoxy groups -OCH3 is 1. The normalized spacial score (nSPS) is 19.1. The van der Waals surface area contributed by atoms with Crippen LogP contribution in [0.15, 0.2) is 83.3 Å². The number of aryl methyl sites for hydroxylation is 1. The van der Waals surface area contributed by atoms with Crippen LogP contribution in [-0.4, -0.2) is 23.8 Å². The number of hydrogen-bond acceptors (Lipinski definition) is 5. The van der Waals surface area contributed by atoms with Crippen molar-refractivity contribution in [1.29, 1.82) is 0 Å². The van der Waals surface area contributed by atoms with E-state index >= 15 is 0 Å². The van der Waals surface area contributed by atoms with E-state index in [1.807, 2.05) is 44.2 Å². The number of benzene rings is 2. The van der Waals surface area contributed by atoms with Crippen molar-refractivity contribution >= 4 is 40.7 Å². The Kier molecular flexibility index (Phi) is 7.28. The van der Waals surface area contributed by atoms with E-state index in [0.29, 0.717) is 51.1 Å². The first-order chi connectivity index (χ1) is 18.2. The van der Waals surface area contributed by atoms with Gasteiger partial charge in [0.1, 0.15) is 11.6 Å². The molecule has 5 rings (SSSR count). The molecule has 0 spiro atoms. The number of amides is 1. The summed E-state index contributed by atoms with van der Waals surface area (Å²) < 4.78 is 5.28. The highest BCUT2D eigenvalue weighted by molar-refractivity contribution is 6.35. The third-order valence-electron chi connectivity index (χ3n) is 7.09. The van der Waals surface area contributed by atoms with Crippen LogP contribution >= 0.6 is 23.2 Å². The summed E-state index contributed by atoms with van der Waals surface area (Å²) in [5.74, 6) is 0.172. The number of nitrogens with zero attached hydrogens (tertiary/aromatic N) is 1. The van der Waals surface area contributed by atoms with Crippen LogP contribution in [0.5, 0.6) is 5.75 Å². The molecule has 0 saturated heterocycles. The third-order valence-corrected chi connectivity index (χ3v) is 7.65. The molecule has 2 aromatic carbocycles. The van der Waals surface area contributed by atoms with Crippen molar-refractivity contribution < 1.29 is 14.3 Å². The fourth-order valence-corrected chi connectivity index (χ4v) is 5.74. The minimum atomic E-state index is -0.647.